The molecule has 1 aliphatic heterocycles. The van der Waals surface area contributed by atoms with Gasteiger partial charge < -0.3 is 15.1 Å². The third-order valence-electron chi connectivity index (χ3n) is 5.53. The Balaban J connectivity index is 1.41. The predicted octanol–water partition coefficient (Wildman–Crippen LogP) is 2.64. The number of carbonyl (C=O) groups is 2. The van der Waals surface area contributed by atoms with E-state index in [-0.39, 0.29) is 18.1 Å². The van der Waals surface area contributed by atoms with E-state index in [0.29, 0.717) is 31.7 Å². The number of carbonyl (C=O) groups excluding carboxylic acids is 2. The molecular formula is C23H25FN6O2. The number of piperazine rings is 1. The van der Waals surface area contributed by atoms with Gasteiger partial charge in [0.05, 0.1) is 23.1 Å². The molecule has 4 rings (SSSR count). The summed E-state index contributed by atoms with van der Waals surface area (Å²) in [5.41, 5.74) is 3.14. The summed E-state index contributed by atoms with van der Waals surface area (Å²) in [5, 5.41) is 6.98. The first-order chi connectivity index (χ1) is 15.4. The molecule has 0 bridgehead atoms. The van der Waals surface area contributed by atoms with Crippen LogP contribution in [0.2, 0.25) is 0 Å². The fourth-order valence-corrected chi connectivity index (χ4v) is 3.87. The molecule has 0 radical (unpaired) electrons. The number of hydrogen-bond acceptors (Lipinski definition) is 5. The van der Waals surface area contributed by atoms with Crippen LogP contribution in [0.25, 0.3) is 0 Å². The zero-order chi connectivity index (χ0) is 22.7. The number of nitrogens with one attached hydrogen (secondary N) is 1. The maximum atomic E-state index is 13.9. The van der Waals surface area contributed by atoms with E-state index < -0.39 is 11.7 Å². The van der Waals surface area contributed by atoms with Crippen LogP contribution in [0.15, 0.2) is 48.8 Å². The topological polar surface area (TPSA) is 83.4 Å². The zero-order valence-electron chi connectivity index (χ0n) is 18.1. The summed E-state index contributed by atoms with van der Waals surface area (Å²) >= 11 is 0. The van der Waals surface area contributed by atoms with Crippen LogP contribution in [-0.4, -0.2) is 57.7 Å². The van der Waals surface area contributed by atoms with Crippen molar-refractivity contribution in [3.63, 3.8) is 0 Å². The lowest BCUT2D eigenvalue weighted by molar-refractivity contribution is -0.132. The Kier molecular flexibility index (Phi) is 6.16. The number of hydrogen-bond donors (Lipinski definition) is 1. The molecule has 1 saturated heterocycles. The molecule has 1 aliphatic rings. The number of nitrogens with zero attached hydrogens (tertiary/aromatic N) is 5. The van der Waals surface area contributed by atoms with Gasteiger partial charge in [0.2, 0.25) is 5.91 Å². The fourth-order valence-electron chi connectivity index (χ4n) is 3.87. The van der Waals surface area contributed by atoms with Gasteiger partial charge in [0.15, 0.2) is 5.82 Å². The van der Waals surface area contributed by atoms with Crippen molar-refractivity contribution in [2.24, 2.45) is 0 Å². The summed E-state index contributed by atoms with van der Waals surface area (Å²) in [7, 11) is 0. The van der Waals surface area contributed by atoms with Crippen molar-refractivity contribution in [3.05, 3.63) is 71.6 Å². The lowest BCUT2D eigenvalue weighted by atomic mass is 10.1. The SMILES string of the molecule is Cc1cc(C)n(CC(=O)N2CCN(c3ccccc3C(=O)Nc3ccncc3F)CC2)n1. The molecule has 8 nitrogen and oxygen atoms in total. The first-order valence-electron chi connectivity index (χ1n) is 10.5. The van der Waals surface area contributed by atoms with Gasteiger partial charge in [-0.15, -0.1) is 0 Å². The number of para-hydroxylation sites is 1. The van der Waals surface area contributed by atoms with Gasteiger partial charge >= 0.3 is 0 Å². The van der Waals surface area contributed by atoms with Crippen LogP contribution in [0, 0.1) is 19.7 Å². The number of halogens is 1. The minimum absolute atomic E-state index is 0.0232. The maximum Gasteiger partial charge on any atom is 0.257 e. The van der Waals surface area contributed by atoms with Crippen LogP contribution in [0.4, 0.5) is 15.8 Å². The van der Waals surface area contributed by atoms with Crippen molar-refractivity contribution in [1.82, 2.24) is 19.7 Å². The van der Waals surface area contributed by atoms with Gasteiger partial charge in [-0.05, 0) is 38.1 Å². The third-order valence-corrected chi connectivity index (χ3v) is 5.53. The second kappa shape index (κ2) is 9.17. The van der Waals surface area contributed by atoms with Gasteiger partial charge in [-0.3, -0.25) is 19.3 Å². The van der Waals surface area contributed by atoms with E-state index in [1.807, 2.05) is 36.9 Å². The van der Waals surface area contributed by atoms with Gasteiger partial charge in [0, 0.05) is 43.8 Å². The standard InChI is InChI=1S/C23H25FN6O2/c1-16-13-17(2)30(27-16)15-22(31)29-11-9-28(10-12-29)21-6-4-3-5-18(21)23(32)26-20-7-8-25-14-19(20)24/h3-8,13-14H,9-12,15H2,1-2H3,(H,25,26,32). The number of anilines is 2. The molecule has 2 aromatic heterocycles. The predicted molar refractivity (Wildman–Crippen MR) is 119 cm³/mol. The molecule has 166 valence electrons. The van der Waals surface area contributed by atoms with E-state index >= 15 is 0 Å². The highest BCUT2D eigenvalue weighted by atomic mass is 19.1. The minimum Gasteiger partial charge on any atom is -0.367 e. The number of aromatic nitrogens is 3. The summed E-state index contributed by atoms with van der Waals surface area (Å²) in [5.74, 6) is -0.961. The summed E-state index contributed by atoms with van der Waals surface area (Å²) in [6, 6.07) is 10.6. The third kappa shape index (κ3) is 4.61. The first kappa shape index (κ1) is 21.5. The Morgan fingerprint density at radius 2 is 1.84 bits per heavy atom. The monoisotopic (exact) mass is 436 g/mol. The van der Waals surface area contributed by atoms with Crippen molar-refractivity contribution >= 4 is 23.2 Å². The lowest BCUT2D eigenvalue weighted by Gasteiger charge is -2.37. The Morgan fingerprint density at radius 3 is 2.53 bits per heavy atom. The van der Waals surface area contributed by atoms with Crippen molar-refractivity contribution < 1.29 is 14.0 Å². The molecule has 32 heavy (non-hydrogen) atoms. The largest absolute Gasteiger partial charge is 0.367 e. The normalized spacial score (nSPS) is 13.8. The summed E-state index contributed by atoms with van der Waals surface area (Å²) in [6.07, 6.45) is 2.48. The number of pyridine rings is 1. The molecule has 9 heteroatoms. The molecular weight excluding hydrogens is 411 g/mol. The maximum absolute atomic E-state index is 13.9. The van der Waals surface area contributed by atoms with Gasteiger partial charge in [-0.2, -0.15) is 5.10 Å². The smallest absolute Gasteiger partial charge is 0.257 e. The first-order valence-corrected chi connectivity index (χ1v) is 10.5. The van der Waals surface area contributed by atoms with Crippen molar-refractivity contribution in [3.8, 4) is 0 Å². The highest BCUT2D eigenvalue weighted by Gasteiger charge is 2.24. The van der Waals surface area contributed by atoms with Gasteiger partial charge in [0.25, 0.3) is 5.91 Å². The fraction of sp³-hybridized carbons (Fsp3) is 0.304. The van der Waals surface area contributed by atoms with Crippen molar-refractivity contribution in [1.29, 1.82) is 0 Å². The van der Waals surface area contributed by atoms with Crippen molar-refractivity contribution in [2.45, 2.75) is 20.4 Å². The summed E-state index contributed by atoms with van der Waals surface area (Å²) < 4.78 is 15.6. The average molecular weight is 436 g/mol. The van der Waals surface area contributed by atoms with Gasteiger partial charge in [-0.25, -0.2) is 4.39 Å². The Bertz CT molecular complexity index is 1140. The minimum atomic E-state index is -0.590. The van der Waals surface area contributed by atoms with Crippen molar-refractivity contribution in [2.75, 3.05) is 36.4 Å². The van der Waals surface area contributed by atoms with E-state index in [1.54, 1.807) is 16.8 Å². The van der Waals surface area contributed by atoms with Gasteiger partial charge in [-0.1, -0.05) is 12.1 Å². The summed E-state index contributed by atoms with van der Waals surface area (Å²) in [4.78, 5) is 33.2. The number of rotatable bonds is 5. The van der Waals surface area contributed by atoms with Gasteiger partial charge in [0.1, 0.15) is 6.54 Å². The number of amides is 2. The Hall–Kier alpha value is -3.75. The molecule has 0 unspecified atom stereocenters. The molecule has 1 N–H and O–H groups in total. The van der Waals surface area contributed by atoms with Crippen LogP contribution in [0.1, 0.15) is 21.7 Å². The van der Waals surface area contributed by atoms with Crippen LogP contribution in [0.5, 0.6) is 0 Å². The highest BCUT2D eigenvalue weighted by molar-refractivity contribution is 6.08. The molecule has 0 spiro atoms. The van der Waals surface area contributed by atoms with Crippen LogP contribution < -0.4 is 10.2 Å². The molecule has 0 saturated carbocycles. The quantitative estimate of drug-likeness (QED) is 0.665. The molecule has 3 heterocycles. The van der Waals surface area contributed by atoms with E-state index in [4.69, 9.17) is 0 Å². The van der Waals surface area contributed by atoms with E-state index in [0.717, 1.165) is 23.3 Å². The summed E-state index contributed by atoms with van der Waals surface area (Å²) in [6.45, 7) is 6.35. The zero-order valence-corrected chi connectivity index (χ0v) is 18.1. The van der Waals surface area contributed by atoms with Crippen LogP contribution in [-0.2, 0) is 11.3 Å². The Morgan fingerprint density at radius 1 is 1.09 bits per heavy atom. The van der Waals surface area contributed by atoms with E-state index in [1.165, 1.54) is 12.3 Å². The lowest BCUT2D eigenvalue weighted by Crippen LogP contribution is -2.50. The number of benzene rings is 1. The van der Waals surface area contributed by atoms with E-state index in [2.05, 4.69) is 20.3 Å². The molecule has 0 aliphatic carbocycles. The van der Waals surface area contributed by atoms with E-state index in [9.17, 15) is 14.0 Å². The molecule has 1 fully saturated rings. The molecule has 3 aromatic rings. The molecule has 0 atom stereocenters. The molecule has 2 amide bonds. The highest BCUT2D eigenvalue weighted by Crippen LogP contribution is 2.24. The van der Waals surface area contributed by atoms with Crippen LogP contribution in [0.3, 0.4) is 0 Å². The average Bonchev–Trinajstić information content (AvgIpc) is 3.11. The van der Waals surface area contributed by atoms with Crippen LogP contribution >= 0.6 is 0 Å². The second-order valence-electron chi connectivity index (χ2n) is 7.78. The molecule has 1 aromatic carbocycles. The second-order valence-corrected chi connectivity index (χ2v) is 7.78. The Labute approximate surface area is 185 Å². The number of aryl methyl sites for hydroxylation is 2.